The maximum absolute atomic E-state index is 10.9. The third-order valence-corrected chi connectivity index (χ3v) is 3.20. The average molecular weight is 279 g/mol. The number of aromatic nitrogens is 2. The number of hydrogen-bond acceptors (Lipinski definition) is 3. The number of nitrogens with one attached hydrogen (secondary N) is 5. The molecular formula is C15H13N5O. The molecule has 0 saturated carbocycles. The van der Waals surface area contributed by atoms with Gasteiger partial charge in [0.2, 0.25) is 0 Å². The highest BCUT2D eigenvalue weighted by molar-refractivity contribution is 6.23. The van der Waals surface area contributed by atoms with Crippen molar-refractivity contribution in [3.63, 3.8) is 0 Å². The highest BCUT2D eigenvalue weighted by Crippen LogP contribution is 2.13. The molecule has 1 aliphatic rings. The molecule has 0 radical (unpaired) electrons. The fraction of sp³-hybridized carbons (Fsp3) is 0. The zero-order chi connectivity index (χ0) is 14.8. The van der Waals surface area contributed by atoms with Crippen LogP contribution in [0.2, 0.25) is 0 Å². The van der Waals surface area contributed by atoms with Crippen LogP contribution < -0.4 is 10.9 Å². The minimum absolute atomic E-state index is 0.0596. The second-order valence-electron chi connectivity index (χ2n) is 4.55. The van der Waals surface area contributed by atoms with Crippen molar-refractivity contribution in [2.45, 2.75) is 0 Å². The Morgan fingerprint density at radius 3 is 1.95 bits per heavy atom. The molecule has 1 aromatic heterocycles. The average Bonchev–Trinajstić information content (AvgIpc) is 3.02. The van der Waals surface area contributed by atoms with Gasteiger partial charge in [0.25, 0.3) is 5.56 Å². The molecule has 0 amide bonds. The molecule has 0 bridgehead atoms. The van der Waals surface area contributed by atoms with Gasteiger partial charge < -0.3 is 5.32 Å². The lowest BCUT2D eigenvalue weighted by molar-refractivity contribution is 1.08. The van der Waals surface area contributed by atoms with Gasteiger partial charge in [-0.25, -0.2) is 0 Å². The normalized spacial score (nSPS) is 12.6. The Bertz CT molecular complexity index is 857. The first-order chi connectivity index (χ1) is 10.2. The molecule has 0 spiro atoms. The van der Waals surface area contributed by atoms with Gasteiger partial charge in [0.15, 0.2) is 0 Å². The van der Waals surface area contributed by atoms with Crippen molar-refractivity contribution < 1.29 is 0 Å². The van der Waals surface area contributed by atoms with E-state index in [0.29, 0.717) is 17.1 Å². The van der Waals surface area contributed by atoms with Crippen LogP contribution in [-0.4, -0.2) is 21.9 Å². The number of para-hydroxylation sites is 1. The molecule has 104 valence electrons. The molecule has 0 saturated heterocycles. The smallest absolute Gasteiger partial charge is 0.271 e. The van der Waals surface area contributed by atoms with E-state index in [1.165, 1.54) is 0 Å². The van der Waals surface area contributed by atoms with Gasteiger partial charge in [-0.1, -0.05) is 36.4 Å². The molecule has 0 aliphatic carbocycles. The third-order valence-electron chi connectivity index (χ3n) is 3.20. The van der Waals surface area contributed by atoms with E-state index in [2.05, 4.69) is 15.5 Å². The van der Waals surface area contributed by atoms with E-state index in [4.69, 9.17) is 10.8 Å². The van der Waals surface area contributed by atoms with Gasteiger partial charge in [0.05, 0.1) is 10.9 Å². The number of H-pyrrole nitrogens is 2. The summed E-state index contributed by atoms with van der Waals surface area (Å²) < 4.78 is 0. The summed E-state index contributed by atoms with van der Waals surface area (Å²) in [6, 6.07) is 14.8. The topological polar surface area (TPSA) is 108 Å². The fourth-order valence-electron chi connectivity index (χ4n) is 2.16. The molecule has 21 heavy (non-hydrogen) atoms. The largest absolute Gasteiger partial charge is 0.325 e. The van der Waals surface area contributed by atoms with Crippen molar-refractivity contribution >= 4 is 22.6 Å². The van der Waals surface area contributed by atoms with Gasteiger partial charge in [-0.3, -0.25) is 25.8 Å². The first-order valence-corrected chi connectivity index (χ1v) is 6.36. The number of fused-ring (bicyclic) bond motifs is 2. The first kappa shape index (κ1) is 12.9. The zero-order valence-corrected chi connectivity index (χ0v) is 11.0. The minimum atomic E-state index is -0.0596. The maximum Gasteiger partial charge on any atom is 0.271 e. The first-order valence-electron chi connectivity index (χ1n) is 6.36. The molecule has 2 heterocycles. The molecule has 0 atom stereocenters. The van der Waals surface area contributed by atoms with Gasteiger partial charge in [0, 0.05) is 11.1 Å². The van der Waals surface area contributed by atoms with E-state index >= 15 is 0 Å². The highest BCUT2D eigenvalue weighted by atomic mass is 16.1. The third kappa shape index (κ3) is 2.34. The molecule has 3 aromatic rings. The summed E-state index contributed by atoms with van der Waals surface area (Å²) in [7, 11) is 0. The van der Waals surface area contributed by atoms with Crippen LogP contribution >= 0.6 is 0 Å². The van der Waals surface area contributed by atoms with Gasteiger partial charge in [0.1, 0.15) is 11.7 Å². The van der Waals surface area contributed by atoms with Crippen LogP contribution in [0.1, 0.15) is 11.1 Å². The van der Waals surface area contributed by atoms with Crippen molar-refractivity contribution in [3.8, 4) is 0 Å². The minimum Gasteiger partial charge on any atom is -0.325 e. The highest BCUT2D eigenvalue weighted by Gasteiger charge is 2.18. The lowest BCUT2D eigenvalue weighted by atomic mass is 10.1. The van der Waals surface area contributed by atoms with E-state index in [-0.39, 0.29) is 5.56 Å². The van der Waals surface area contributed by atoms with Crippen molar-refractivity contribution in [3.05, 3.63) is 70.0 Å². The van der Waals surface area contributed by atoms with Crippen molar-refractivity contribution in [2.75, 3.05) is 0 Å². The van der Waals surface area contributed by atoms with E-state index < -0.39 is 0 Å². The Balaban J connectivity index is 0.000000126. The molecule has 4 rings (SSSR count). The van der Waals surface area contributed by atoms with Crippen molar-refractivity contribution in [2.24, 2.45) is 0 Å². The Morgan fingerprint density at radius 1 is 0.762 bits per heavy atom. The molecule has 5 N–H and O–H groups in total. The Labute approximate surface area is 119 Å². The summed E-state index contributed by atoms with van der Waals surface area (Å²) in [5.41, 5.74) is 2.43. The van der Waals surface area contributed by atoms with Crippen LogP contribution in [0.3, 0.4) is 0 Å². The zero-order valence-electron chi connectivity index (χ0n) is 11.0. The second-order valence-corrected chi connectivity index (χ2v) is 4.55. The monoisotopic (exact) mass is 279 g/mol. The molecular weight excluding hydrogens is 266 g/mol. The van der Waals surface area contributed by atoms with Crippen LogP contribution in [0, 0.1) is 10.8 Å². The Kier molecular flexibility index (Phi) is 3.12. The molecule has 6 heteroatoms. The summed E-state index contributed by atoms with van der Waals surface area (Å²) in [6.45, 7) is 0. The Hall–Kier alpha value is -3.15. The predicted octanol–water partition coefficient (Wildman–Crippen LogP) is 1.80. The Morgan fingerprint density at radius 2 is 1.33 bits per heavy atom. The summed E-state index contributed by atoms with van der Waals surface area (Å²) in [6.07, 6.45) is 0. The predicted molar refractivity (Wildman–Crippen MR) is 82.2 cm³/mol. The van der Waals surface area contributed by atoms with E-state index in [9.17, 15) is 4.79 Å². The van der Waals surface area contributed by atoms with Gasteiger partial charge in [-0.2, -0.15) is 0 Å². The van der Waals surface area contributed by atoms with Gasteiger partial charge in [-0.15, -0.1) is 0 Å². The fourth-order valence-corrected chi connectivity index (χ4v) is 2.16. The second kappa shape index (κ2) is 5.09. The quantitative estimate of drug-likeness (QED) is 0.432. The lowest BCUT2D eigenvalue weighted by Gasteiger charge is -1.91. The molecule has 2 aromatic carbocycles. The van der Waals surface area contributed by atoms with Crippen LogP contribution in [0.4, 0.5) is 0 Å². The number of aromatic amines is 2. The molecule has 6 nitrogen and oxygen atoms in total. The number of rotatable bonds is 0. The van der Waals surface area contributed by atoms with E-state index in [1.807, 2.05) is 42.5 Å². The SMILES string of the molecule is N=C1NC(=N)c2ccccc21.O=c1[nH][nH]c2ccccc12. The summed E-state index contributed by atoms with van der Waals surface area (Å²) >= 11 is 0. The lowest BCUT2D eigenvalue weighted by Crippen LogP contribution is -2.19. The summed E-state index contributed by atoms with van der Waals surface area (Å²) in [5.74, 6) is 0.649. The standard InChI is InChI=1S/C8H7N3.C7H6N2O/c9-7-5-3-1-2-4-6(5)8(10)11-7;10-7-5-3-1-2-4-6(5)8-9-7/h1-4H,(H3,9,10,11);1-4H,(H2,8,9,10). The van der Waals surface area contributed by atoms with Gasteiger partial charge >= 0.3 is 0 Å². The van der Waals surface area contributed by atoms with Crippen LogP contribution in [0.15, 0.2) is 53.3 Å². The molecule has 1 aliphatic heterocycles. The molecule has 0 fully saturated rings. The summed E-state index contributed by atoms with van der Waals surface area (Å²) in [4.78, 5) is 10.9. The van der Waals surface area contributed by atoms with Crippen LogP contribution in [0.25, 0.3) is 10.9 Å². The number of hydrogen-bond donors (Lipinski definition) is 5. The maximum atomic E-state index is 10.9. The summed E-state index contributed by atoms with van der Waals surface area (Å²) in [5, 5.41) is 23.4. The van der Waals surface area contributed by atoms with E-state index in [0.717, 1.165) is 16.6 Å². The number of benzene rings is 2. The molecule has 0 unspecified atom stereocenters. The van der Waals surface area contributed by atoms with Crippen molar-refractivity contribution in [1.29, 1.82) is 10.8 Å². The van der Waals surface area contributed by atoms with E-state index in [1.54, 1.807) is 6.07 Å². The number of amidine groups is 2. The van der Waals surface area contributed by atoms with Crippen molar-refractivity contribution in [1.82, 2.24) is 15.5 Å². The van der Waals surface area contributed by atoms with Gasteiger partial charge in [-0.05, 0) is 12.1 Å². The van der Waals surface area contributed by atoms with Crippen LogP contribution in [-0.2, 0) is 0 Å². The van der Waals surface area contributed by atoms with Crippen LogP contribution in [0.5, 0.6) is 0 Å².